The van der Waals surface area contributed by atoms with Gasteiger partial charge in [-0.2, -0.15) is 0 Å². The summed E-state index contributed by atoms with van der Waals surface area (Å²) in [4.78, 5) is 19.0. The van der Waals surface area contributed by atoms with Crippen LogP contribution in [0, 0.1) is 5.82 Å². The van der Waals surface area contributed by atoms with Crippen molar-refractivity contribution < 1.29 is 17.6 Å². The standard InChI is InChI=1S/C22H24FN3O3S2/c23-16-8-10-18(11-9-16)31(28,29)25-17-12-14-26(15-13-17)22(27)7-3-6-21-24-19-4-1-2-5-20(19)30-21/h1-2,4-5,8-11,17,25H,3,6-7,12-15H2. The Labute approximate surface area is 185 Å². The number of amides is 1. The van der Waals surface area contributed by atoms with Crippen molar-refractivity contribution in [2.75, 3.05) is 13.1 Å². The number of benzene rings is 2. The van der Waals surface area contributed by atoms with Crippen LogP contribution < -0.4 is 4.72 Å². The SMILES string of the molecule is O=C(CCCc1nc2ccccc2s1)N1CCC(NS(=O)(=O)c2ccc(F)cc2)CC1. The monoisotopic (exact) mass is 461 g/mol. The molecule has 164 valence electrons. The number of hydrogen-bond acceptors (Lipinski definition) is 5. The number of sulfonamides is 1. The zero-order chi connectivity index (χ0) is 21.8. The highest BCUT2D eigenvalue weighted by Gasteiger charge is 2.26. The number of fused-ring (bicyclic) bond motifs is 1. The van der Waals surface area contributed by atoms with E-state index < -0.39 is 15.8 Å². The van der Waals surface area contributed by atoms with Gasteiger partial charge in [-0.15, -0.1) is 11.3 Å². The van der Waals surface area contributed by atoms with Crippen molar-refractivity contribution in [1.82, 2.24) is 14.6 Å². The highest BCUT2D eigenvalue weighted by Crippen LogP contribution is 2.23. The third kappa shape index (κ3) is 5.47. The number of carbonyl (C=O) groups is 1. The number of hydrogen-bond donors (Lipinski definition) is 1. The average Bonchev–Trinajstić information content (AvgIpc) is 3.17. The first-order valence-corrected chi connectivity index (χ1v) is 12.6. The van der Waals surface area contributed by atoms with Crippen LogP contribution in [0.4, 0.5) is 4.39 Å². The van der Waals surface area contributed by atoms with Gasteiger partial charge in [-0.1, -0.05) is 12.1 Å². The average molecular weight is 462 g/mol. The molecule has 1 aliphatic rings. The van der Waals surface area contributed by atoms with Gasteiger partial charge in [0.2, 0.25) is 15.9 Å². The zero-order valence-electron chi connectivity index (χ0n) is 17.0. The second kappa shape index (κ2) is 9.42. The Morgan fingerprint density at radius 1 is 1.13 bits per heavy atom. The van der Waals surface area contributed by atoms with Crippen LogP contribution in [-0.4, -0.2) is 43.3 Å². The number of para-hydroxylation sites is 1. The number of rotatable bonds is 7. The van der Waals surface area contributed by atoms with Crippen molar-refractivity contribution in [3.05, 3.63) is 59.4 Å². The summed E-state index contributed by atoms with van der Waals surface area (Å²) < 4.78 is 41.8. The summed E-state index contributed by atoms with van der Waals surface area (Å²) in [5.74, 6) is -0.380. The summed E-state index contributed by atoms with van der Waals surface area (Å²) in [6.07, 6.45) is 3.10. The molecule has 0 aliphatic carbocycles. The summed E-state index contributed by atoms with van der Waals surface area (Å²) in [5.41, 5.74) is 0.999. The minimum Gasteiger partial charge on any atom is -0.343 e. The van der Waals surface area contributed by atoms with E-state index in [4.69, 9.17) is 0 Å². The number of aryl methyl sites for hydroxylation is 1. The number of halogens is 1. The van der Waals surface area contributed by atoms with E-state index in [2.05, 4.69) is 15.8 Å². The molecule has 0 bridgehead atoms. The lowest BCUT2D eigenvalue weighted by Gasteiger charge is -2.32. The molecule has 3 aromatic rings. The van der Waals surface area contributed by atoms with Crippen molar-refractivity contribution in [3.8, 4) is 0 Å². The molecule has 6 nitrogen and oxygen atoms in total. The van der Waals surface area contributed by atoms with Crippen LogP contribution in [0.2, 0.25) is 0 Å². The molecule has 1 aromatic heterocycles. The molecule has 0 radical (unpaired) electrons. The van der Waals surface area contributed by atoms with Crippen LogP contribution >= 0.6 is 11.3 Å². The van der Waals surface area contributed by atoms with Gasteiger partial charge in [0.1, 0.15) is 5.82 Å². The number of aromatic nitrogens is 1. The number of nitrogens with one attached hydrogen (secondary N) is 1. The zero-order valence-corrected chi connectivity index (χ0v) is 18.6. The van der Waals surface area contributed by atoms with E-state index in [1.807, 2.05) is 18.2 Å². The van der Waals surface area contributed by atoms with Crippen molar-refractivity contribution >= 4 is 37.5 Å². The molecule has 31 heavy (non-hydrogen) atoms. The van der Waals surface area contributed by atoms with Gasteiger partial charge >= 0.3 is 0 Å². The van der Waals surface area contributed by atoms with Gasteiger partial charge in [-0.3, -0.25) is 4.79 Å². The second-order valence-electron chi connectivity index (χ2n) is 7.66. The molecule has 0 saturated carbocycles. The van der Waals surface area contributed by atoms with E-state index in [9.17, 15) is 17.6 Å². The first kappa shape index (κ1) is 21.9. The molecule has 1 saturated heterocycles. The largest absolute Gasteiger partial charge is 0.343 e. The van der Waals surface area contributed by atoms with Gasteiger partial charge < -0.3 is 4.90 Å². The molecule has 0 spiro atoms. The number of thiazole rings is 1. The van der Waals surface area contributed by atoms with Gasteiger partial charge in [0.15, 0.2) is 0 Å². The summed E-state index contributed by atoms with van der Waals surface area (Å²) in [6.45, 7) is 1.05. The summed E-state index contributed by atoms with van der Waals surface area (Å²) in [7, 11) is -3.70. The Kier molecular flexibility index (Phi) is 6.64. The Hall–Kier alpha value is -2.36. The molecule has 9 heteroatoms. The first-order valence-electron chi connectivity index (χ1n) is 10.3. The van der Waals surface area contributed by atoms with E-state index in [1.165, 1.54) is 12.1 Å². The lowest BCUT2D eigenvalue weighted by atomic mass is 10.1. The van der Waals surface area contributed by atoms with Crippen LogP contribution in [0.1, 0.15) is 30.7 Å². The normalized spacial score (nSPS) is 15.5. The molecule has 1 amide bonds. The Morgan fingerprint density at radius 3 is 2.55 bits per heavy atom. The van der Waals surface area contributed by atoms with Gasteiger partial charge in [0, 0.05) is 25.6 Å². The van der Waals surface area contributed by atoms with Crippen molar-refractivity contribution in [1.29, 1.82) is 0 Å². The third-order valence-electron chi connectivity index (χ3n) is 5.41. The molecule has 1 fully saturated rings. The van der Waals surface area contributed by atoms with E-state index >= 15 is 0 Å². The molecule has 4 rings (SSSR count). The van der Waals surface area contributed by atoms with Crippen LogP contribution in [-0.2, 0) is 21.2 Å². The lowest BCUT2D eigenvalue weighted by Crippen LogP contribution is -2.46. The van der Waals surface area contributed by atoms with E-state index in [-0.39, 0.29) is 16.8 Å². The van der Waals surface area contributed by atoms with Crippen LogP contribution in [0.15, 0.2) is 53.4 Å². The smallest absolute Gasteiger partial charge is 0.240 e. The van der Waals surface area contributed by atoms with Crippen LogP contribution in [0.25, 0.3) is 10.2 Å². The van der Waals surface area contributed by atoms with Crippen LogP contribution in [0.5, 0.6) is 0 Å². The predicted molar refractivity (Wildman–Crippen MR) is 119 cm³/mol. The Morgan fingerprint density at radius 2 is 1.84 bits per heavy atom. The van der Waals surface area contributed by atoms with Crippen molar-refractivity contribution in [2.24, 2.45) is 0 Å². The lowest BCUT2D eigenvalue weighted by molar-refractivity contribution is -0.132. The molecule has 0 atom stereocenters. The van der Waals surface area contributed by atoms with Gasteiger partial charge in [0.25, 0.3) is 0 Å². The fourth-order valence-electron chi connectivity index (χ4n) is 3.72. The summed E-state index contributed by atoms with van der Waals surface area (Å²) >= 11 is 1.67. The fourth-order valence-corrected chi connectivity index (χ4v) is 6.04. The van der Waals surface area contributed by atoms with Gasteiger partial charge in [-0.05, 0) is 62.1 Å². The number of likely N-dealkylation sites (tertiary alicyclic amines) is 1. The topological polar surface area (TPSA) is 79.4 Å². The third-order valence-corrected chi connectivity index (χ3v) is 8.05. The fraction of sp³-hybridized carbons (Fsp3) is 0.364. The van der Waals surface area contributed by atoms with Crippen molar-refractivity contribution in [2.45, 2.75) is 43.0 Å². The Balaban J connectivity index is 1.22. The van der Waals surface area contributed by atoms with Gasteiger partial charge in [-0.25, -0.2) is 22.5 Å². The Bertz CT molecular complexity index is 1120. The molecular formula is C22H24FN3O3S2. The van der Waals surface area contributed by atoms with Crippen LogP contribution in [0.3, 0.4) is 0 Å². The van der Waals surface area contributed by atoms with Gasteiger partial charge in [0.05, 0.1) is 20.1 Å². The number of piperidine rings is 1. The number of carbonyl (C=O) groups excluding carboxylic acids is 1. The quantitative estimate of drug-likeness (QED) is 0.582. The highest BCUT2D eigenvalue weighted by atomic mass is 32.2. The first-order chi connectivity index (χ1) is 14.9. The molecule has 0 unspecified atom stereocenters. The van der Waals surface area contributed by atoms with E-state index in [0.717, 1.165) is 40.2 Å². The molecule has 1 N–H and O–H groups in total. The minimum atomic E-state index is -3.70. The highest BCUT2D eigenvalue weighted by molar-refractivity contribution is 7.89. The maximum Gasteiger partial charge on any atom is 0.240 e. The summed E-state index contributed by atoms with van der Waals surface area (Å²) in [6, 6.07) is 12.5. The minimum absolute atomic E-state index is 0.0438. The predicted octanol–water partition coefficient (Wildman–Crippen LogP) is 3.73. The molecule has 1 aliphatic heterocycles. The number of nitrogens with zero attached hydrogens (tertiary/aromatic N) is 2. The van der Waals surface area contributed by atoms with E-state index in [1.54, 1.807) is 16.2 Å². The summed E-state index contributed by atoms with van der Waals surface area (Å²) in [5, 5.41) is 1.04. The molecular weight excluding hydrogens is 437 g/mol. The van der Waals surface area contributed by atoms with Crippen molar-refractivity contribution in [3.63, 3.8) is 0 Å². The van der Waals surface area contributed by atoms with E-state index in [0.29, 0.717) is 32.4 Å². The maximum absolute atomic E-state index is 13.0. The molecule has 2 heterocycles. The second-order valence-corrected chi connectivity index (χ2v) is 10.5. The molecule has 2 aromatic carbocycles. The maximum atomic E-state index is 13.0.